The summed E-state index contributed by atoms with van der Waals surface area (Å²) in [6.07, 6.45) is 0. The van der Waals surface area contributed by atoms with Gasteiger partial charge >= 0.3 is 0 Å². The van der Waals surface area contributed by atoms with Crippen molar-refractivity contribution >= 4 is 31.3 Å². The summed E-state index contributed by atoms with van der Waals surface area (Å²) in [5, 5.41) is -0.0194. The van der Waals surface area contributed by atoms with Gasteiger partial charge in [0.15, 0.2) is 0 Å². The van der Waals surface area contributed by atoms with Crippen LogP contribution in [0.4, 0.5) is 4.39 Å². The summed E-state index contributed by atoms with van der Waals surface area (Å²) in [6.45, 7) is 0. The summed E-state index contributed by atoms with van der Waals surface area (Å²) in [6, 6.07) is 1.76. The molecule has 1 aromatic rings. The lowest BCUT2D eigenvalue weighted by Crippen LogP contribution is -1.97. The van der Waals surface area contributed by atoms with E-state index in [1.165, 1.54) is 7.11 Å². The standard InChI is InChI=1S/C7H5Cl2FO3S/c1-13-6-3-7(14(9,11)12)5(10)2-4(6)8/h2-3H,1H3. The van der Waals surface area contributed by atoms with Gasteiger partial charge in [0.1, 0.15) is 16.5 Å². The smallest absolute Gasteiger partial charge is 0.264 e. The predicted molar refractivity (Wildman–Crippen MR) is 51.0 cm³/mol. The molecule has 0 fully saturated rings. The first kappa shape index (κ1) is 11.6. The highest BCUT2D eigenvalue weighted by Crippen LogP contribution is 2.30. The molecule has 0 saturated carbocycles. The highest BCUT2D eigenvalue weighted by atomic mass is 35.7. The first-order chi connectivity index (χ1) is 6.36. The summed E-state index contributed by atoms with van der Waals surface area (Å²) in [7, 11) is 2.14. The number of rotatable bonds is 2. The summed E-state index contributed by atoms with van der Waals surface area (Å²) in [5.74, 6) is -0.960. The van der Waals surface area contributed by atoms with E-state index in [-0.39, 0.29) is 10.8 Å². The SMILES string of the molecule is COc1cc(S(=O)(=O)Cl)c(F)cc1Cl. The van der Waals surface area contributed by atoms with Crippen molar-refractivity contribution in [3.05, 3.63) is 23.0 Å². The topological polar surface area (TPSA) is 43.4 Å². The van der Waals surface area contributed by atoms with Gasteiger partial charge in [-0.1, -0.05) is 11.6 Å². The lowest BCUT2D eigenvalue weighted by Gasteiger charge is -2.05. The van der Waals surface area contributed by atoms with Crippen LogP contribution in [0, 0.1) is 5.82 Å². The van der Waals surface area contributed by atoms with E-state index in [1.54, 1.807) is 0 Å². The lowest BCUT2D eigenvalue weighted by molar-refractivity contribution is 0.411. The number of benzene rings is 1. The van der Waals surface area contributed by atoms with E-state index >= 15 is 0 Å². The van der Waals surface area contributed by atoms with Crippen LogP contribution in [-0.4, -0.2) is 15.5 Å². The van der Waals surface area contributed by atoms with Gasteiger partial charge in [-0.3, -0.25) is 0 Å². The maximum Gasteiger partial charge on any atom is 0.264 e. The summed E-state index contributed by atoms with van der Waals surface area (Å²) < 4.78 is 39.5. The van der Waals surface area contributed by atoms with Gasteiger partial charge in [0, 0.05) is 16.7 Å². The fraction of sp³-hybridized carbons (Fsp3) is 0.143. The lowest BCUT2D eigenvalue weighted by atomic mass is 10.3. The molecule has 0 aliphatic carbocycles. The van der Waals surface area contributed by atoms with Crippen molar-refractivity contribution in [1.29, 1.82) is 0 Å². The van der Waals surface area contributed by atoms with Crippen molar-refractivity contribution in [2.45, 2.75) is 4.90 Å². The van der Waals surface area contributed by atoms with Gasteiger partial charge in [0.25, 0.3) is 9.05 Å². The van der Waals surface area contributed by atoms with Crippen LogP contribution in [0.15, 0.2) is 17.0 Å². The van der Waals surface area contributed by atoms with Gasteiger partial charge in [0.05, 0.1) is 12.1 Å². The van der Waals surface area contributed by atoms with E-state index < -0.39 is 19.8 Å². The van der Waals surface area contributed by atoms with Gasteiger partial charge < -0.3 is 4.74 Å². The van der Waals surface area contributed by atoms with Gasteiger partial charge in [-0.05, 0) is 6.07 Å². The van der Waals surface area contributed by atoms with Crippen molar-refractivity contribution in [3.8, 4) is 5.75 Å². The molecule has 3 nitrogen and oxygen atoms in total. The fourth-order valence-electron chi connectivity index (χ4n) is 0.854. The van der Waals surface area contributed by atoms with Crippen LogP contribution in [0.25, 0.3) is 0 Å². The molecule has 78 valence electrons. The average molecular weight is 259 g/mol. The molecule has 0 aliphatic rings. The van der Waals surface area contributed by atoms with Crippen LogP contribution >= 0.6 is 22.3 Å². The highest BCUT2D eigenvalue weighted by molar-refractivity contribution is 8.13. The quantitative estimate of drug-likeness (QED) is 0.766. The first-order valence-electron chi connectivity index (χ1n) is 3.34. The zero-order chi connectivity index (χ0) is 10.9. The van der Waals surface area contributed by atoms with E-state index in [0.717, 1.165) is 12.1 Å². The van der Waals surface area contributed by atoms with Crippen LogP contribution in [0.2, 0.25) is 5.02 Å². The average Bonchev–Trinajstić information content (AvgIpc) is 2.02. The molecule has 0 bridgehead atoms. The van der Waals surface area contributed by atoms with Crippen LogP contribution in [-0.2, 0) is 9.05 Å². The van der Waals surface area contributed by atoms with Crippen LogP contribution in [0.1, 0.15) is 0 Å². The third-order valence-electron chi connectivity index (χ3n) is 1.47. The second kappa shape index (κ2) is 3.92. The number of ether oxygens (including phenoxy) is 1. The Morgan fingerprint density at radius 1 is 1.43 bits per heavy atom. The molecule has 1 rings (SSSR count). The molecule has 0 saturated heterocycles. The fourth-order valence-corrected chi connectivity index (χ4v) is 1.98. The van der Waals surface area contributed by atoms with E-state index in [1.807, 2.05) is 0 Å². The molecule has 1 aromatic carbocycles. The van der Waals surface area contributed by atoms with Crippen molar-refractivity contribution in [3.63, 3.8) is 0 Å². The maximum atomic E-state index is 13.1. The van der Waals surface area contributed by atoms with Gasteiger partial charge in [-0.25, -0.2) is 12.8 Å². The van der Waals surface area contributed by atoms with E-state index in [2.05, 4.69) is 0 Å². The molecule has 0 N–H and O–H groups in total. The minimum absolute atomic E-state index is 0.0194. The Balaban J connectivity index is 3.47. The Kier molecular flexibility index (Phi) is 3.24. The molecule has 0 radical (unpaired) electrons. The van der Waals surface area contributed by atoms with Gasteiger partial charge in [-0.15, -0.1) is 0 Å². The van der Waals surface area contributed by atoms with Crippen molar-refractivity contribution < 1.29 is 17.5 Å². The minimum Gasteiger partial charge on any atom is -0.495 e. The van der Waals surface area contributed by atoms with Crippen molar-refractivity contribution in [2.75, 3.05) is 7.11 Å². The molecule has 0 spiro atoms. The number of methoxy groups -OCH3 is 1. The minimum atomic E-state index is -4.12. The van der Waals surface area contributed by atoms with Crippen LogP contribution in [0.3, 0.4) is 0 Å². The molecule has 0 amide bonds. The summed E-state index contributed by atoms with van der Waals surface area (Å²) >= 11 is 5.55. The molecule has 7 heteroatoms. The van der Waals surface area contributed by atoms with E-state index in [4.69, 9.17) is 27.0 Å². The van der Waals surface area contributed by atoms with E-state index in [9.17, 15) is 12.8 Å². The van der Waals surface area contributed by atoms with Crippen molar-refractivity contribution in [2.24, 2.45) is 0 Å². The Morgan fingerprint density at radius 2 is 2.00 bits per heavy atom. The monoisotopic (exact) mass is 258 g/mol. The third kappa shape index (κ3) is 2.29. The largest absolute Gasteiger partial charge is 0.495 e. The second-order valence-electron chi connectivity index (χ2n) is 2.36. The molecule has 0 atom stereocenters. The van der Waals surface area contributed by atoms with Gasteiger partial charge in [-0.2, -0.15) is 0 Å². The molecular weight excluding hydrogens is 254 g/mol. The maximum absolute atomic E-state index is 13.1. The Hall–Kier alpha value is -0.520. The summed E-state index contributed by atoms with van der Waals surface area (Å²) in [5.41, 5.74) is 0. The Morgan fingerprint density at radius 3 is 2.43 bits per heavy atom. The predicted octanol–water partition coefficient (Wildman–Crippen LogP) is 2.42. The van der Waals surface area contributed by atoms with Crippen LogP contribution < -0.4 is 4.74 Å². The third-order valence-corrected chi connectivity index (χ3v) is 3.10. The molecule has 0 aromatic heterocycles. The highest BCUT2D eigenvalue weighted by Gasteiger charge is 2.19. The molecule has 0 heterocycles. The van der Waals surface area contributed by atoms with Crippen molar-refractivity contribution in [1.82, 2.24) is 0 Å². The zero-order valence-electron chi connectivity index (χ0n) is 6.92. The zero-order valence-corrected chi connectivity index (χ0v) is 9.25. The normalized spacial score (nSPS) is 11.4. The first-order valence-corrected chi connectivity index (χ1v) is 6.02. The van der Waals surface area contributed by atoms with Gasteiger partial charge in [0.2, 0.25) is 0 Å². The molecule has 14 heavy (non-hydrogen) atoms. The molecule has 0 unspecified atom stereocenters. The van der Waals surface area contributed by atoms with Crippen LogP contribution in [0.5, 0.6) is 5.75 Å². The van der Waals surface area contributed by atoms with E-state index in [0.29, 0.717) is 0 Å². The number of hydrogen-bond donors (Lipinski definition) is 0. The summed E-state index contributed by atoms with van der Waals surface area (Å²) in [4.78, 5) is -0.652. The molecular formula is C7H5Cl2FO3S. The number of halogens is 3. The second-order valence-corrected chi connectivity index (χ2v) is 5.30. The number of hydrogen-bond acceptors (Lipinski definition) is 3. The Bertz CT molecular complexity index is 458. The molecule has 0 aliphatic heterocycles. The Labute approximate surface area is 89.8 Å².